The Morgan fingerprint density at radius 1 is 1.05 bits per heavy atom. The van der Waals surface area contributed by atoms with E-state index in [1.807, 2.05) is 6.07 Å². The van der Waals surface area contributed by atoms with Crippen LogP contribution < -0.4 is 5.63 Å². The Morgan fingerprint density at radius 3 is 2.24 bits per heavy atom. The van der Waals surface area contributed by atoms with E-state index >= 15 is 0 Å². The zero-order valence-corrected chi connectivity index (χ0v) is 12.8. The minimum absolute atomic E-state index is 0.0421. The van der Waals surface area contributed by atoms with Crippen molar-refractivity contribution in [2.75, 3.05) is 0 Å². The summed E-state index contributed by atoms with van der Waals surface area (Å²) < 4.78 is 3.05. The fraction of sp³-hybridized carbons (Fsp3) is 0.0667. The lowest BCUT2D eigenvalue weighted by atomic mass is 10.1. The van der Waals surface area contributed by atoms with E-state index in [0.717, 1.165) is 5.56 Å². The summed E-state index contributed by atoms with van der Waals surface area (Å²) in [5.74, 6) is -0.0421. The summed E-state index contributed by atoms with van der Waals surface area (Å²) in [6.45, 7) is 0. The Morgan fingerprint density at radius 2 is 1.67 bits per heavy atom. The summed E-state index contributed by atoms with van der Waals surface area (Å²) in [5, 5.41) is 8.72. The average molecular weight is 341 g/mol. The fourth-order valence-electron chi connectivity index (χ4n) is 1.59. The molecule has 0 aliphatic heterocycles. The van der Waals surface area contributed by atoms with Crippen molar-refractivity contribution in [1.82, 2.24) is 0 Å². The predicted molar refractivity (Wildman–Crippen MR) is 84.3 cm³/mol. The minimum Gasteiger partial charge on any atom is -0.423 e. The van der Waals surface area contributed by atoms with Gasteiger partial charge in [0.25, 0.3) is 0 Å². The van der Waals surface area contributed by atoms with Gasteiger partial charge in [0.1, 0.15) is 0 Å². The van der Waals surface area contributed by atoms with Crippen LogP contribution in [-0.4, -0.2) is 0 Å². The SMILES string of the molecule is N#Cc1ccc(/C=C/c2cc(C(Cl)(Cl)Cl)oc(=O)c2)cc1. The molecule has 0 atom stereocenters. The second-order valence-electron chi connectivity index (χ2n) is 4.14. The number of hydrogen-bond donors (Lipinski definition) is 0. The van der Waals surface area contributed by atoms with Crippen molar-refractivity contribution in [3.8, 4) is 6.07 Å². The Kier molecular flexibility index (Phi) is 4.74. The molecule has 0 spiro atoms. The molecule has 106 valence electrons. The highest BCUT2D eigenvalue weighted by Crippen LogP contribution is 2.37. The summed E-state index contributed by atoms with van der Waals surface area (Å²) in [6, 6.07) is 11.8. The molecule has 1 heterocycles. The number of benzene rings is 1. The number of halogens is 3. The molecule has 0 saturated heterocycles. The van der Waals surface area contributed by atoms with Gasteiger partial charge >= 0.3 is 5.63 Å². The smallest absolute Gasteiger partial charge is 0.336 e. The minimum atomic E-state index is -1.79. The van der Waals surface area contributed by atoms with E-state index in [1.165, 1.54) is 12.1 Å². The highest BCUT2D eigenvalue weighted by atomic mass is 35.6. The van der Waals surface area contributed by atoms with Crippen molar-refractivity contribution in [3.63, 3.8) is 0 Å². The van der Waals surface area contributed by atoms with Crippen LogP contribution in [0.4, 0.5) is 0 Å². The summed E-state index contributed by atoms with van der Waals surface area (Å²) >= 11 is 17.1. The molecule has 0 radical (unpaired) electrons. The van der Waals surface area contributed by atoms with Gasteiger partial charge < -0.3 is 4.42 Å². The molecule has 0 fully saturated rings. The highest BCUT2D eigenvalue weighted by molar-refractivity contribution is 6.66. The Balaban J connectivity index is 2.30. The second kappa shape index (κ2) is 6.36. The molecule has 0 unspecified atom stereocenters. The molecule has 2 aromatic rings. The average Bonchev–Trinajstić information content (AvgIpc) is 2.44. The molecule has 0 N–H and O–H groups in total. The summed E-state index contributed by atoms with van der Waals surface area (Å²) in [5.41, 5.74) is 1.40. The molecule has 3 nitrogen and oxygen atoms in total. The zero-order valence-electron chi connectivity index (χ0n) is 10.5. The summed E-state index contributed by atoms with van der Waals surface area (Å²) in [4.78, 5) is 11.4. The van der Waals surface area contributed by atoms with Gasteiger partial charge in [-0.05, 0) is 29.3 Å². The van der Waals surface area contributed by atoms with Crippen molar-refractivity contribution in [2.45, 2.75) is 3.79 Å². The van der Waals surface area contributed by atoms with Crippen LogP contribution in [0, 0.1) is 11.3 Å². The summed E-state index contributed by atoms with van der Waals surface area (Å²) in [7, 11) is 0. The first kappa shape index (κ1) is 15.7. The Hall–Kier alpha value is -1.73. The first-order valence-electron chi connectivity index (χ1n) is 5.79. The third-order valence-electron chi connectivity index (χ3n) is 2.58. The molecular weight excluding hydrogens is 333 g/mol. The number of rotatable bonds is 2. The van der Waals surface area contributed by atoms with E-state index in [-0.39, 0.29) is 5.76 Å². The third kappa shape index (κ3) is 4.37. The first-order valence-corrected chi connectivity index (χ1v) is 6.92. The van der Waals surface area contributed by atoms with Gasteiger partial charge in [-0.25, -0.2) is 4.79 Å². The van der Waals surface area contributed by atoms with Gasteiger partial charge in [-0.3, -0.25) is 0 Å². The second-order valence-corrected chi connectivity index (χ2v) is 6.42. The molecule has 0 aliphatic rings. The number of alkyl halides is 3. The van der Waals surface area contributed by atoms with Gasteiger partial charge in [0.05, 0.1) is 11.6 Å². The molecular formula is C15H8Cl3NO2. The molecule has 0 saturated carbocycles. The lowest BCUT2D eigenvalue weighted by molar-refractivity contribution is 0.465. The van der Waals surface area contributed by atoms with E-state index in [2.05, 4.69) is 0 Å². The topological polar surface area (TPSA) is 54.0 Å². The van der Waals surface area contributed by atoms with E-state index in [0.29, 0.717) is 11.1 Å². The van der Waals surface area contributed by atoms with Crippen LogP contribution in [0.25, 0.3) is 12.2 Å². The van der Waals surface area contributed by atoms with E-state index < -0.39 is 9.42 Å². The van der Waals surface area contributed by atoms with Crippen molar-refractivity contribution in [2.24, 2.45) is 0 Å². The maximum Gasteiger partial charge on any atom is 0.336 e. The quantitative estimate of drug-likeness (QED) is 0.756. The van der Waals surface area contributed by atoms with Crippen LogP contribution in [0.2, 0.25) is 0 Å². The van der Waals surface area contributed by atoms with E-state index in [1.54, 1.807) is 36.4 Å². The van der Waals surface area contributed by atoms with Gasteiger partial charge in [0.15, 0.2) is 5.76 Å². The van der Waals surface area contributed by atoms with Crippen LogP contribution in [0.3, 0.4) is 0 Å². The molecule has 1 aromatic heterocycles. The van der Waals surface area contributed by atoms with Gasteiger partial charge in [0, 0.05) is 6.07 Å². The van der Waals surface area contributed by atoms with Gasteiger partial charge in [-0.15, -0.1) is 0 Å². The number of hydrogen-bond acceptors (Lipinski definition) is 3. The molecule has 0 aliphatic carbocycles. The maximum atomic E-state index is 11.4. The largest absolute Gasteiger partial charge is 0.423 e. The molecule has 6 heteroatoms. The fourth-order valence-corrected chi connectivity index (χ4v) is 1.87. The molecule has 0 amide bonds. The van der Waals surface area contributed by atoms with Gasteiger partial charge in [-0.1, -0.05) is 59.1 Å². The van der Waals surface area contributed by atoms with Crippen LogP contribution in [-0.2, 0) is 3.79 Å². The monoisotopic (exact) mass is 339 g/mol. The lowest BCUT2D eigenvalue weighted by Gasteiger charge is -2.08. The van der Waals surface area contributed by atoms with Gasteiger partial charge in [0.2, 0.25) is 3.79 Å². The van der Waals surface area contributed by atoms with Crippen LogP contribution in [0.1, 0.15) is 22.5 Å². The van der Waals surface area contributed by atoms with Crippen LogP contribution in [0.5, 0.6) is 0 Å². The first-order chi connectivity index (χ1) is 9.88. The standard InChI is InChI=1S/C15H8Cl3NO2/c16-15(17,18)13-7-12(8-14(20)21-13)6-3-10-1-4-11(9-19)5-2-10/h1-8H/b6-3+. The van der Waals surface area contributed by atoms with E-state index in [9.17, 15) is 4.79 Å². The zero-order chi connectivity index (χ0) is 15.5. The van der Waals surface area contributed by atoms with Crippen molar-refractivity contribution in [3.05, 3.63) is 69.3 Å². The lowest BCUT2D eigenvalue weighted by Crippen LogP contribution is -2.07. The van der Waals surface area contributed by atoms with Crippen molar-refractivity contribution >= 4 is 47.0 Å². The third-order valence-corrected chi connectivity index (χ3v) is 3.14. The molecule has 1 aromatic carbocycles. The predicted octanol–water partition coefficient (Wildman–Crippen LogP) is 4.51. The Labute approximate surface area is 136 Å². The van der Waals surface area contributed by atoms with Crippen molar-refractivity contribution < 1.29 is 4.42 Å². The normalized spacial score (nSPS) is 11.5. The van der Waals surface area contributed by atoms with Gasteiger partial charge in [-0.2, -0.15) is 5.26 Å². The Bertz CT molecular complexity index is 765. The van der Waals surface area contributed by atoms with Crippen LogP contribution in [0.15, 0.2) is 45.6 Å². The number of nitriles is 1. The van der Waals surface area contributed by atoms with E-state index in [4.69, 9.17) is 44.5 Å². The maximum absolute atomic E-state index is 11.4. The highest BCUT2D eigenvalue weighted by Gasteiger charge is 2.26. The van der Waals surface area contributed by atoms with Crippen molar-refractivity contribution in [1.29, 1.82) is 5.26 Å². The molecule has 0 bridgehead atoms. The number of nitrogens with zero attached hydrogens (tertiary/aromatic N) is 1. The molecule has 21 heavy (non-hydrogen) atoms. The summed E-state index contributed by atoms with van der Waals surface area (Å²) in [6.07, 6.45) is 3.47. The van der Waals surface area contributed by atoms with Crippen LogP contribution >= 0.6 is 34.8 Å². The molecule has 2 rings (SSSR count).